The number of cyclic esters (lactones) is 1. The number of carbonyl (C=O) groups is 1. The Morgan fingerprint density at radius 3 is 2.69 bits per heavy atom. The first-order valence-electron chi connectivity index (χ1n) is 9.30. The van der Waals surface area contributed by atoms with Crippen LogP contribution in [0.25, 0.3) is 0 Å². The molecular weight excluding hydrogens is 403 g/mol. The number of amides is 1. The van der Waals surface area contributed by atoms with E-state index in [2.05, 4.69) is 10.8 Å². The molecule has 0 aliphatic carbocycles. The van der Waals surface area contributed by atoms with Crippen LogP contribution in [-0.4, -0.2) is 63.8 Å². The van der Waals surface area contributed by atoms with Crippen molar-refractivity contribution in [1.82, 2.24) is 0 Å². The highest BCUT2D eigenvalue weighted by molar-refractivity contribution is 7.85. The van der Waals surface area contributed by atoms with Gasteiger partial charge < -0.3 is 14.7 Å². The van der Waals surface area contributed by atoms with E-state index in [4.69, 9.17) is 4.74 Å². The fraction of sp³-hybridized carbons (Fsp3) is 0.526. The van der Waals surface area contributed by atoms with Crippen LogP contribution in [0.4, 0.5) is 20.6 Å². The number of carbonyl (C=O) groups excluding carboxylic acids is 1. The van der Waals surface area contributed by atoms with Gasteiger partial charge in [0.1, 0.15) is 18.5 Å². The molecule has 1 aromatic rings. The zero-order chi connectivity index (χ0) is 21.2. The van der Waals surface area contributed by atoms with Crippen molar-refractivity contribution in [2.24, 2.45) is 0 Å². The van der Waals surface area contributed by atoms with Crippen LogP contribution < -0.4 is 9.80 Å². The molecule has 160 valence electrons. The average molecular weight is 428 g/mol. The van der Waals surface area contributed by atoms with Crippen molar-refractivity contribution >= 4 is 27.6 Å². The van der Waals surface area contributed by atoms with Crippen LogP contribution in [-0.2, 0) is 19.0 Å². The highest BCUT2D eigenvalue weighted by atomic mass is 32.2. The van der Waals surface area contributed by atoms with Gasteiger partial charge in [0, 0.05) is 13.1 Å². The third-order valence-corrected chi connectivity index (χ3v) is 5.71. The molecule has 29 heavy (non-hydrogen) atoms. The fourth-order valence-corrected chi connectivity index (χ4v) is 3.97. The lowest BCUT2D eigenvalue weighted by atomic mass is 9.88. The van der Waals surface area contributed by atoms with Crippen LogP contribution >= 0.6 is 0 Å². The predicted octanol–water partition coefficient (Wildman–Crippen LogP) is 2.03. The fourth-order valence-electron chi connectivity index (χ4n) is 3.58. The van der Waals surface area contributed by atoms with E-state index in [-0.39, 0.29) is 13.2 Å². The first kappa shape index (κ1) is 21.5. The number of aliphatic hydroxyl groups is 1. The number of hydrogen-bond acceptors (Lipinski definition) is 7. The molecule has 2 aliphatic rings. The van der Waals surface area contributed by atoms with Crippen LogP contribution in [0.5, 0.6) is 0 Å². The van der Waals surface area contributed by atoms with E-state index in [1.54, 1.807) is 18.2 Å². The zero-order valence-electron chi connectivity index (χ0n) is 16.2. The Bertz CT molecular complexity index is 883. The molecule has 1 amide bonds. The molecule has 0 spiro atoms. The van der Waals surface area contributed by atoms with Crippen molar-refractivity contribution in [2.75, 3.05) is 42.3 Å². The van der Waals surface area contributed by atoms with E-state index in [0.717, 1.165) is 6.26 Å². The molecule has 2 fully saturated rings. The number of anilines is 2. The van der Waals surface area contributed by atoms with E-state index >= 15 is 0 Å². The summed E-state index contributed by atoms with van der Waals surface area (Å²) in [4.78, 5) is 15.2. The molecular formula is C19H25FN2O6S. The predicted molar refractivity (Wildman–Crippen MR) is 106 cm³/mol. The number of halogens is 1. The summed E-state index contributed by atoms with van der Waals surface area (Å²) in [7, 11) is -3.65. The normalized spacial score (nSPS) is 21.9. The molecule has 3 rings (SSSR count). The SMILES string of the molecule is C=CCC1(O)CCN(c2ccc(N3C[C@H](COS(C)(=O)=O)OC3=O)cc2F)CC1. The maximum Gasteiger partial charge on any atom is 0.414 e. The summed E-state index contributed by atoms with van der Waals surface area (Å²) in [5.74, 6) is -0.486. The summed E-state index contributed by atoms with van der Waals surface area (Å²) in [6, 6.07) is 4.46. The Hall–Kier alpha value is -2.17. The minimum Gasteiger partial charge on any atom is -0.441 e. The average Bonchev–Trinajstić information content (AvgIpc) is 3.01. The Morgan fingerprint density at radius 2 is 2.10 bits per heavy atom. The number of rotatable bonds is 7. The molecule has 0 aromatic heterocycles. The first-order chi connectivity index (χ1) is 13.6. The van der Waals surface area contributed by atoms with Crippen LogP contribution in [0.2, 0.25) is 0 Å². The number of piperidine rings is 1. The molecule has 10 heteroatoms. The molecule has 0 unspecified atom stereocenters. The Kier molecular flexibility index (Phi) is 6.16. The van der Waals surface area contributed by atoms with Crippen LogP contribution in [0, 0.1) is 5.82 Å². The maximum absolute atomic E-state index is 14.8. The Morgan fingerprint density at radius 1 is 1.41 bits per heavy atom. The largest absolute Gasteiger partial charge is 0.441 e. The van der Waals surface area contributed by atoms with Crippen molar-refractivity contribution in [1.29, 1.82) is 0 Å². The van der Waals surface area contributed by atoms with E-state index in [1.165, 1.54) is 11.0 Å². The second kappa shape index (κ2) is 8.29. The van der Waals surface area contributed by atoms with Crippen LogP contribution in [0.1, 0.15) is 19.3 Å². The summed E-state index contributed by atoms with van der Waals surface area (Å²) in [6.45, 7) is 4.45. The van der Waals surface area contributed by atoms with Gasteiger partial charge in [0.15, 0.2) is 0 Å². The molecule has 2 heterocycles. The van der Waals surface area contributed by atoms with Crippen molar-refractivity contribution in [3.63, 3.8) is 0 Å². The van der Waals surface area contributed by atoms with Gasteiger partial charge in [-0.2, -0.15) is 8.42 Å². The van der Waals surface area contributed by atoms with Gasteiger partial charge >= 0.3 is 6.09 Å². The van der Waals surface area contributed by atoms with Gasteiger partial charge in [-0.05, 0) is 37.5 Å². The lowest BCUT2D eigenvalue weighted by molar-refractivity contribution is 0.0190. The number of ether oxygens (including phenoxy) is 1. The molecule has 1 atom stereocenters. The topological polar surface area (TPSA) is 96.4 Å². The van der Waals surface area contributed by atoms with Crippen molar-refractivity contribution in [3.05, 3.63) is 36.7 Å². The van der Waals surface area contributed by atoms with Crippen molar-refractivity contribution in [2.45, 2.75) is 31.0 Å². The standard InChI is InChI=1S/C19H25FN2O6S/c1-3-6-19(24)7-9-21(10-8-19)17-5-4-14(11-16(17)20)22-12-15(28-18(22)23)13-27-29(2,25)26/h3-5,11,15,24H,1,6-10,12-13H2,2H3/t15-/m1/s1. The van der Waals surface area contributed by atoms with E-state index < -0.39 is 33.7 Å². The second-order valence-electron chi connectivity index (χ2n) is 7.44. The Labute approximate surface area is 169 Å². The summed E-state index contributed by atoms with van der Waals surface area (Å²) >= 11 is 0. The molecule has 0 radical (unpaired) electrons. The second-order valence-corrected chi connectivity index (χ2v) is 9.09. The highest BCUT2D eigenvalue weighted by Crippen LogP contribution is 2.32. The number of benzene rings is 1. The monoisotopic (exact) mass is 428 g/mol. The van der Waals surface area contributed by atoms with E-state index in [9.17, 15) is 22.7 Å². The quantitative estimate of drug-likeness (QED) is 0.524. The number of nitrogens with zero attached hydrogens (tertiary/aromatic N) is 2. The minimum atomic E-state index is -3.65. The molecule has 1 aromatic carbocycles. The lowest BCUT2D eigenvalue weighted by Crippen LogP contribution is -2.44. The van der Waals surface area contributed by atoms with E-state index in [0.29, 0.717) is 43.7 Å². The van der Waals surface area contributed by atoms with Crippen molar-refractivity contribution in [3.8, 4) is 0 Å². The zero-order valence-corrected chi connectivity index (χ0v) is 17.0. The van der Waals surface area contributed by atoms with Gasteiger partial charge in [-0.3, -0.25) is 9.08 Å². The van der Waals surface area contributed by atoms with Gasteiger partial charge in [0.05, 0.1) is 29.8 Å². The molecule has 8 nitrogen and oxygen atoms in total. The van der Waals surface area contributed by atoms with Crippen molar-refractivity contribution < 1.29 is 31.6 Å². The van der Waals surface area contributed by atoms with Gasteiger partial charge in [-0.1, -0.05) is 6.08 Å². The smallest absolute Gasteiger partial charge is 0.414 e. The highest BCUT2D eigenvalue weighted by Gasteiger charge is 2.35. The number of hydrogen-bond donors (Lipinski definition) is 1. The molecule has 2 aliphatic heterocycles. The summed E-state index contributed by atoms with van der Waals surface area (Å²) in [6.07, 6.45) is 2.68. The van der Waals surface area contributed by atoms with Gasteiger partial charge in [0.2, 0.25) is 0 Å². The van der Waals surface area contributed by atoms with Gasteiger partial charge in [0.25, 0.3) is 10.1 Å². The molecule has 1 N–H and O–H groups in total. The maximum atomic E-state index is 14.8. The first-order valence-corrected chi connectivity index (χ1v) is 11.1. The van der Waals surface area contributed by atoms with Gasteiger partial charge in [-0.25, -0.2) is 9.18 Å². The third-order valence-electron chi connectivity index (χ3n) is 5.14. The molecule has 0 saturated carbocycles. The third kappa shape index (κ3) is 5.26. The minimum absolute atomic E-state index is 0.0610. The molecule has 2 saturated heterocycles. The Balaban J connectivity index is 1.65. The van der Waals surface area contributed by atoms with Crippen LogP contribution in [0.15, 0.2) is 30.9 Å². The summed E-state index contributed by atoms with van der Waals surface area (Å²) in [5.41, 5.74) is -0.0750. The molecule has 0 bridgehead atoms. The summed E-state index contributed by atoms with van der Waals surface area (Å²) in [5, 5.41) is 10.4. The van der Waals surface area contributed by atoms with Crippen LogP contribution in [0.3, 0.4) is 0 Å². The lowest BCUT2D eigenvalue weighted by Gasteiger charge is -2.39. The van der Waals surface area contributed by atoms with Gasteiger partial charge in [-0.15, -0.1) is 6.58 Å². The van der Waals surface area contributed by atoms with E-state index in [1.807, 2.05) is 4.90 Å². The summed E-state index contributed by atoms with van der Waals surface area (Å²) < 4.78 is 46.7.